The van der Waals surface area contributed by atoms with Crippen LogP contribution >= 0.6 is 0 Å². The highest BCUT2D eigenvalue weighted by Gasteiger charge is 2.21. The van der Waals surface area contributed by atoms with Crippen LogP contribution in [0, 0.1) is 5.82 Å². The Morgan fingerprint density at radius 2 is 1.90 bits per heavy atom. The minimum Gasteiger partial charge on any atom is -0.365 e. The molecule has 0 bridgehead atoms. The van der Waals surface area contributed by atoms with Crippen LogP contribution in [0.15, 0.2) is 48.7 Å². The zero-order valence-corrected chi connectivity index (χ0v) is 11.0. The average molecular weight is 267 g/mol. The Labute approximate surface area is 116 Å². The summed E-state index contributed by atoms with van der Waals surface area (Å²) >= 11 is 0. The van der Waals surface area contributed by atoms with Crippen LogP contribution in [-0.4, -0.2) is 15.9 Å². The maximum absolute atomic E-state index is 13.4. The van der Waals surface area contributed by atoms with E-state index in [0.717, 1.165) is 36.5 Å². The maximum Gasteiger partial charge on any atom is 0.139 e. The molecule has 1 aromatic carbocycles. The molecule has 1 aliphatic rings. The predicted molar refractivity (Wildman–Crippen MR) is 76.3 cm³/mol. The van der Waals surface area contributed by atoms with Crippen molar-refractivity contribution in [2.45, 2.75) is 13.0 Å². The smallest absolute Gasteiger partial charge is 0.139 e. The van der Waals surface area contributed by atoms with Gasteiger partial charge in [0.2, 0.25) is 0 Å². The molecule has 0 spiro atoms. The highest BCUT2D eigenvalue weighted by molar-refractivity contribution is 5.51. The fourth-order valence-electron chi connectivity index (χ4n) is 2.84. The van der Waals surface area contributed by atoms with Crippen LogP contribution in [0.2, 0.25) is 0 Å². The SMILES string of the molecule is Fc1ccc2nc3c(n2c1)CN(c1ccccc1)CC3. The third-order valence-corrected chi connectivity index (χ3v) is 3.84. The summed E-state index contributed by atoms with van der Waals surface area (Å²) in [7, 11) is 0. The molecule has 100 valence electrons. The van der Waals surface area contributed by atoms with E-state index in [1.54, 1.807) is 6.07 Å². The fraction of sp³-hybridized carbons (Fsp3) is 0.188. The first-order valence-electron chi connectivity index (χ1n) is 6.76. The Morgan fingerprint density at radius 3 is 2.75 bits per heavy atom. The first-order chi connectivity index (χ1) is 9.81. The van der Waals surface area contributed by atoms with E-state index < -0.39 is 0 Å². The van der Waals surface area contributed by atoms with E-state index in [-0.39, 0.29) is 5.82 Å². The van der Waals surface area contributed by atoms with E-state index in [9.17, 15) is 4.39 Å². The summed E-state index contributed by atoms with van der Waals surface area (Å²) in [6.45, 7) is 1.72. The fourth-order valence-corrected chi connectivity index (χ4v) is 2.84. The average Bonchev–Trinajstić information content (AvgIpc) is 2.85. The summed E-state index contributed by atoms with van der Waals surface area (Å²) in [6, 6.07) is 13.5. The Morgan fingerprint density at radius 1 is 1.05 bits per heavy atom. The van der Waals surface area contributed by atoms with E-state index in [1.165, 1.54) is 18.0 Å². The van der Waals surface area contributed by atoms with Crippen molar-refractivity contribution in [2.75, 3.05) is 11.4 Å². The van der Waals surface area contributed by atoms with Gasteiger partial charge >= 0.3 is 0 Å². The van der Waals surface area contributed by atoms with E-state index in [4.69, 9.17) is 0 Å². The van der Waals surface area contributed by atoms with Crippen molar-refractivity contribution in [1.82, 2.24) is 9.38 Å². The summed E-state index contributed by atoms with van der Waals surface area (Å²) in [5.41, 5.74) is 4.20. The number of benzene rings is 1. The van der Waals surface area contributed by atoms with Gasteiger partial charge in [0.15, 0.2) is 0 Å². The van der Waals surface area contributed by atoms with Crippen molar-refractivity contribution in [3.05, 3.63) is 65.9 Å². The van der Waals surface area contributed by atoms with Gasteiger partial charge in [-0.25, -0.2) is 9.37 Å². The van der Waals surface area contributed by atoms with E-state index in [1.807, 2.05) is 22.6 Å². The van der Waals surface area contributed by atoms with Gasteiger partial charge in [-0.15, -0.1) is 0 Å². The lowest BCUT2D eigenvalue weighted by atomic mass is 10.1. The lowest BCUT2D eigenvalue weighted by Gasteiger charge is -2.28. The number of fused-ring (bicyclic) bond motifs is 3. The highest BCUT2D eigenvalue weighted by Crippen LogP contribution is 2.25. The third kappa shape index (κ3) is 1.76. The zero-order chi connectivity index (χ0) is 13.5. The monoisotopic (exact) mass is 267 g/mol. The lowest BCUT2D eigenvalue weighted by molar-refractivity contribution is 0.615. The van der Waals surface area contributed by atoms with E-state index in [2.05, 4.69) is 22.0 Å². The van der Waals surface area contributed by atoms with Gasteiger partial charge in [0, 0.05) is 24.8 Å². The van der Waals surface area contributed by atoms with Crippen LogP contribution in [0.3, 0.4) is 0 Å². The summed E-state index contributed by atoms with van der Waals surface area (Å²) in [5, 5.41) is 0. The van der Waals surface area contributed by atoms with Gasteiger partial charge in [-0.2, -0.15) is 0 Å². The molecular formula is C16H14FN3. The van der Waals surface area contributed by atoms with Crippen LogP contribution in [-0.2, 0) is 13.0 Å². The third-order valence-electron chi connectivity index (χ3n) is 3.84. The molecular weight excluding hydrogens is 253 g/mol. The highest BCUT2D eigenvalue weighted by atomic mass is 19.1. The second-order valence-corrected chi connectivity index (χ2v) is 5.09. The Balaban J connectivity index is 1.78. The Kier molecular flexibility index (Phi) is 2.49. The van der Waals surface area contributed by atoms with Gasteiger partial charge in [0.1, 0.15) is 11.5 Å². The number of nitrogens with zero attached hydrogens (tertiary/aromatic N) is 3. The molecule has 0 saturated carbocycles. The van der Waals surface area contributed by atoms with Crippen molar-refractivity contribution in [1.29, 1.82) is 0 Å². The molecule has 0 unspecified atom stereocenters. The lowest BCUT2D eigenvalue weighted by Crippen LogP contribution is -2.30. The van der Waals surface area contributed by atoms with Crippen molar-refractivity contribution in [3.8, 4) is 0 Å². The van der Waals surface area contributed by atoms with E-state index >= 15 is 0 Å². The van der Waals surface area contributed by atoms with Crippen molar-refractivity contribution in [3.63, 3.8) is 0 Å². The van der Waals surface area contributed by atoms with Crippen LogP contribution in [0.4, 0.5) is 10.1 Å². The summed E-state index contributed by atoms with van der Waals surface area (Å²) in [6.07, 6.45) is 2.42. The molecule has 0 amide bonds. The predicted octanol–water partition coefficient (Wildman–Crippen LogP) is 3.04. The molecule has 3 aromatic rings. The van der Waals surface area contributed by atoms with E-state index in [0.29, 0.717) is 0 Å². The number of imidazole rings is 1. The summed E-state index contributed by atoms with van der Waals surface area (Å²) in [5.74, 6) is -0.227. The topological polar surface area (TPSA) is 20.5 Å². The minimum absolute atomic E-state index is 0.227. The number of halogens is 1. The Hall–Kier alpha value is -2.36. The normalized spacial score (nSPS) is 14.6. The maximum atomic E-state index is 13.4. The van der Waals surface area contributed by atoms with Crippen LogP contribution in [0.1, 0.15) is 11.4 Å². The molecule has 0 aliphatic carbocycles. The number of anilines is 1. The number of hydrogen-bond acceptors (Lipinski definition) is 2. The van der Waals surface area contributed by atoms with Gasteiger partial charge in [-0.1, -0.05) is 18.2 Å². The molecule has 3 nitrogen and oxygen atoms in total. The molecule has 20 heavy (non-hydrogen) atoms. The molecule has 0 fully saturated rings. The summed E-state index contributed by atoms with van der Waals surface area (Å²) < 4.78 is 15.3. The first kappa shape index (κ1) is 11.5. The Bertz CT molecular complexity index is 764. The van der Waals surface area contributed by atoms with Crippen molar-refractivity contribution >= 4 is 11.3 Å². The molecule has 2 aromatic heterocycles. The molecule has 0 atom stereocenters. The molecule has 0 radical (unpaired) electrons. The number of hydrogen-bond donors (Lipinski definition) is 0. The standard InChI is InChI=1S/C16H14FN3/c17-12-6-7-16-18-14-8-9-19(11-15(14)20(16)10-12)13-4-2-1-3-5-13/h1-7,10H,8-9,11H2. The second kappa shape index (κ2) is 4.34. The van der Waals surface area contributed by atoms with Crippen LogP contribution < -0.4 is 4.90 Å². The van der Waals surface area contributed by atoms with Crippen LogP contribution in [0.25, 0.3) is 5.65 Å². The van der Waals surface area contributed by atoms with Crippen molar-refractivity contribution < 1.29 is 4.39 Å². The number of aromatic nitrogens is 2. The molecule has 0 N–H and O–H groups in total. The number of pyridine rings is 1. The quantitative estimate of drug-likeness (QED) is 0.675. The molecule has 0 saturated heterocycles. The number of para-hydroxylation sites is 1. The second-order valence-electron chi connectivity index (χ2n) is 5.09. The summed E-state index contributed by atoms with van der Waals surface area (Å²) in [4.78, 5) is 6.90. The first-order valence-corrected chi connectivity index (χ1v) is 6.76. The molecule has 3 heterocycles. The van der Waals surface area contributed by atoms with Gasteiger partial charge in [-0.3, -0.25) is 4.40 Å². The molecule has 4 rings (SSSR count). The molecule has 4 heteroatoms. The largest absolute Gasteiger partial charge is 0.365 e. The van der Waals surface area contributed by atoms with Crippen LogP contribution in [0.5, 0.6) is 0 Å². The van der Waals surface area contributed by atoms with Gasteiger partial charge in [0.05, 0.1) is 17.9 Å². The van der Waals surface area contributed by atoms with Gasteiger partial charge in [-0.05, 0) is 24.3 Å². The minimum atomic E-state index is -0.227. The zero-order valence-electron chi connectivity index (χ0n) is 11.0. The number of rotatable bonds is 1. The molecule has 1 aliphatic heterocycles. The van der Waals surface area contributed by atoms with Crippen molar-refractivity contribution in [2.24, 2.45) is 0 Å². The van der Waals surface area contributed by atoms with Gasteiger partial charge < -0.3 is 4.90 Å². The van der Waals surface area contributed by atoms with Gasteiger partial charge in [0.25, 0.3) is 0 Å².